The maximum absolute atomic E-state index is 5.65. The highest BCUT2D eigenvalue weighted by Crippen LogP contribution is 2.20. The van der Waals surface area contributed by atoms with Crippen molar-refractivity contribution in [1.82, 2.24) is 9.78 Å². The van der Waals surface area contributed by atoms with Crippen LogP contribution in [0.25, 0.3) is 5.69 Å². The standard InChI is InChI=1S/C11H11N3S2/c1-16-11-9(10(12)15)7-14(13-11)8-5-3-2-4-6-8/h2-7H,1H3,(H2,12,15). The van der Waals surface area contributed by atoms with Gasteiger partial charge in [-0.25, -0.2) is 4.68 Å². The molecule has 1 heterocycles. The quantitative estimate of drug-likeness (QED) is 0.669. The predicted octanol–water partition coefficient (Wildman–Crippen LogP) is 2.23. The zero-order valence-corrected chi connectivity index (χ0v) is 10.4. The van der Waals surface area contributed by atoms with Gasteiger partial charge in [-0.1, -0.05) is 30.4 Å². The summed E-state index contributed by atoms with van der Waals surface area (Å²) < 4.78 is 1.79. The largest absolute Gasteiger partial charge is 0.389 e. The molecule has 0 aliphatic rings. The molecule has 1 aromatic heterocycles. The fourth-order valence-electron chi connectivity index (χ4n) is 1.39. The zero-order chi connectivity index (χ0) is 11.5. The zero-order valence-electron chi connectivity index (χ0n) is 8.75. The third kappa shape index (κ3) is 2.10. The van der Waals surface area contributed by atoms with E-state index < -0.39 is 0 Å². The SMILES string of the molecule is CSc1nn(-c2ccccc2)cc1C(N)=S. The van der Waals surface area contributed by atoms with Gasteiger partial charge in [-0.2, -0.15) is 5.10 Å². The molecule has 0 fully saturated rings. The van der Waals surface area contributed by atoms with Gasteiger partial charge in [-0.15, -0.1) is 11.8 Å². The van der Waals surface area contributed by atoms with Gasteiger partial charge in [0.25, 0.3) is 0 Å². The first-order valence-electron chi connectivity index (χ1n) is 4.71. The van der Waals surface area contributed by atoms with E-state index in [-0.39, 0.29) is 0 Å². The third-order valence-electron chi connectivity index (χ3n) is 2.16. The Hall–Kier alpha value is -1.33. The number of nitrogens with two attached hydrogens (primary N) is 1. The fourth-order valence-corrected chi connectivity index (χ4v) is 2.16. The normalized spacial score (nSPS) is 10.3. The van der Waals surface area contributed by atoms with Crippen LogP contribution >= 0.6 is 24.0 Å². The number of nitrogens with zero attached hydrogens (tertiary/aromatic N) is 2. The van der Waals surface area contributed by atoms with Crippen LogP contribution in [0.15, 0.2) is 41.6 Å². The Kier molecular flexibility index (Phi) is 3.26. The Bertz CT molecular complexity index is 505. The highest BCUT2D eigenvalue weighted by molar-refractivity contribution is 7.98. The van der Waals surface area contributed by atoms with Gasteiger partial charge < -0.3 is 5.73 Å². The molecular formula is C11H11N3S2. The van der Waals surface area contributed by atoms with E-state index in [9.17, 15) is 0 Å². The minimum atomic E-state index is 0.381. The second-order valence-corrected chi connectivity index (χ2v) is 4.43. The van der Waals surface area contributed by atoms with Crippen molar-refractivity contribution in [2.24, 2.45) is 5.73 Å². The molecule has 0 amide bonds. The van der Waals surface area contributed by atoms with Gasteiger partial charge in [0.1, 0.15) is 10.0 Å². The molecule has 0 radical (unpaired) electrons. The Morgan fingerprint density at radius 1 is 1.38 bits per heavy atom. The summed E-state index contributed by atoms with van der Waals surface area (Å²) in [6, 6.07) is 9.88. The van der Waals surface area contributed by atoms with Crippen LogP contribution < -0.4 is 5.73 Å². The van der Waals surface area contributed by atoms with E-state index in [1.807, 2.05) is 42.8 Å². The molecule has 2 rings (SSSR count). The number of aromatic nitrogens is 2. The van der Waals surface area contributed by atoms with Crippen molar-refractivity contribution in [1.29, 1.82) is 0 Å². The van der Waals surface area contributed by atoms with Crippen LogP contribution in [0, 0.1) is 0 Å². The lowest BCUT2D eigenvalue weighted by atomic mass is 10.3. The van der Waals surface area contributed by atoms with E-state index in [4.69, 9.17) is 18.0 Å². The van der Waals surface area contributed by atoms with Gasteiger partial charge in [0.05, 0.1) is 11.3 Å². The van der Waals surface area contributed by atoms with Gasteiger partial charge >= 0.3 is 0 Å². The summed E-state index contributed by atoms with van der Waals surface area (Å²) in [5.74, 6) is 0. The topological polar surface area (TPSA) is 43.8 Å². The molecule has 1 aromatic carbocycles. The van der Waals surface area contributed by atoms with Crippen LogP contribution in [-0.2, 0) is 0 Å². The molecular weight excluding hydrogens is 238 g/mol. The molecule has 16 heavy (non-hydrogen) atoms. The molecule has 0 bridgehead atoms. The molecule has 5 heteroatoms. The van der Waals surface area contributed by atoms with Gasteiger partial charge in [-0.3, -0.25) is 0 Å². The highest BCUT2D eigenvalue weighted by atomic mass is 32.2. The predicted molar refractivity (Wildman–Crippen MR) is 71.2 cm³/mol. The van der Waals surface area contributed by atoms with Gasteiger partial charge in [-0.05, 0) is 18.4 Å². The summed E-state index contributed by atoms with van der Waals surface area (Å²) in [4.78, 5) is 0.381. The lowest BCUT2D eigenvalue weighted by molar-refractivity contribution is 0.838. The number of para-hydroxylation sites is 1. The molecule has 0 atom stereocenters. The Morgan fingerprint density at radius 3 is 2.56 bits per heavy atom. The molecule has 0 unspecified atom stereocenters. The van der Waals surface area contributed by atoms with E-state index in [0.717, 1.165) is 16.3 Å². The van der Waals surface area contributed by atoms with Crippen molar-refractivity contribution in [2.75, 3.05) is 6.26 Å². The van der Waals surface area contributed by atoms with E-state index in [0.29, 0.717) is 4.99 Å². The molecule has 0 aliphatic heterocycles. The summed E-state index contributed by atoms with van der Waals surface area (Å²) in [6.45, 7) is 0. The number of hydrogen-bond acceptors (Lipinski definition) is 3. The van der Waals surface area contributed by atoms with Gasteiger partial charge in [0, 0.05) is 6.20 Å². The summed E-state index contributed by atoms with van der Waals surface area (Å²) in [7, 11) is 0. The van der Waals surface area contributed by atoms with E-state index >= 15 is 0 Å². The van der Waals surface area contributed by atoms with E-state index in [1.165, 1.54) is 11.8 Å². The van der Waals surface area contributed by atoms with Crippen LogP contribution in [0.5, 0.6) is 0 Å². The molecule has 0 saturated carbocycles. The minimum Gasteiger partial charge on any atom is -0.389 e. The highest BCUT2D eigenvalue weighted by Gasteiger charge is 2.10. The van der Waals surface area contributed by atoms with Crippen LogP contribution in [-0.4, -0.2) is 21.0 Å². The van der Waals surface area contributed by atoms with Crippen LogP contribution in [0.1, 0.15) is 5.56 Å². The summed E-state index contributed by atoms with van der Waals surface area (Å²) in [6.07, 6.45) is 3.82. The molecule has 3 nitrogen and oxygen atoms in total. The number of rotatable bonds is 3. The molecule has 2 aromatic rings. The van der Waals surface area contributed by atoms with Crippen LogP contribution in [0.3, 0.4) is 0 Å². The first kappa shape index (κ1) is 11.2. The molecule has 0 spiro atoms. The Labute approximate surface area is 104 Å². The minimum absolute atomic E-state index is 0.381. The monoisotopic (exact) mass is 249 g/mol. The van der Waals surface area contributed by atoms with Crippen molar-refractivity contribution >= 4 is 29.0 Å². The van der Waals surface area contributed by atoms with Crippen molar-refractivity contribution in [3.05, 3.63) is 42.1 Å². The van der Waals surface area contributed by atoms with E-state index in [1.54, 1.807) is 4.68 Å². The van der Waals surface area contributed by atoms with Crippen molar-refractivity contribution in [3.63, 3.8) is 0 Å². The maximum Gasteiger partial charge on any atom is 0.129 e. The second kappa shape index (κ2) is 4.67. The number of benzene rings is 1. The van der Waals surface area contributed by atoms with Crippen molar-refractivity contribution in [3.8, 4) is 5.69 Å². The average Bonchev–Trinajstić information content (AvgIpc) is 2.74. The first-order valence-corrected chi connectivity index (χ1v) is 6.34. The fraction of sp³-hybridized carbons (Fsp3) is 0.0909. The molecule has 0 aliphatic carbocycles. The number of thiocarbonyl (C=S) groups is 1. The van der Waals surface area contributed by atoms with Crippen molar-refractivity contribution < 1.29 is 0 Å². The Morgan fingerprint density at radius 2 is 2.06 bits per heavy atom. The summed E-state index contributed by atoms with van der Waals surface area (Å²) >= 11 is 6.53. The van der Waals surface area contributed by atoms with Crippen molar-refractivity contribution in [2.45, 2.75) is 5.03 Å². The lowest BCUT2D eigenvalue weighted by Crippen LogP contribution is -2.09. The summed E-state index contributed by atoms with van der Waals surface area (Å²) in [5.41, 5.74) is 7.47. The summed E-state index contributed by atoms with van der Waals surface area (Å²) in [5, 5.41) is 5.29. The van der Waals surface area contributed by atoms with E-state index in [2.05, 4.69) is 5.10 Å². The molecule has 82 valence electrons. The third-order valence-corrected chi connectivity index (χ3v) is 3.07. The number of thioether (sulfide) groups is 1. The molecule has 0 saturated heterocycles. The first-order chi connectivity index (χ1) is 7.72. The second-order valence-electron chi connectivity index (χ2n) is 3.20. The molecule has 2 N–H and O–H groups in total. The smallest absolute Gasteiger partial charge is 0.129 e. The maximum atomic E-state index is 5.65. The van der Waals surface area contributed by atoms with Gasteiger partial charge in [0.2, 0.25) is 0 Å². The average molecular weight is 249 g/mol. The lowest BCUT2D eigenvalue weighted by Gasteiger charge is -1.98. The van der Waals surface area contributed by atoms with Crippen LogP contribution in [0.4, 0.5) is 0 Å². The number of hydrogen-bond donors (Lipinski definition) is 1. The van der Waals surface area contributed by atoms with Crippen LogP contribution in [0.2, 0.25) is 0 Å². The van der Waals surface area contributed by atoms with Gasteiger partial charge in [0.15, 0.2) is 0 Å². The Balaban J connectivity index is 2.48.